The van der Waals surface area contributed by atoms with Gasteiger partial charge in [0.2, 0.25) is 0 Å². The van der Waals surface area contributed by atoms with E-state index in [1.807, 2.05) is 30.3 Å². The van der Waals surface area contributed by atoms with Crippen molar-refractivity contribution in [1.82, 2.24) is 5.32 Å². The fourth-order valence-corrected chi connectivity index (χ4v) is 3.73. The summed E-state index contributed by atoms with van der Waals surface area (Å²) in [6.07, 6.45) is 0.666. The molecule has 1 amide bonds. The normalized spacial score (nSPS) is 11.0. The van der Waals surface area contributed by atoms with E-state index in [2.05, 4.69) is 10.0 Å². The third-order valence-electron chi connectivity index (χ3n) is 4.07. The lowest BCUT2D eigenvalue weighted by Gasteiger charge is -2.10. The van der Waals surface area contributed by atoms with Crippen LogP contribution in [0.5, 0.6) is 0 Å². The molecule has 0 aromatic heterocycles. The van der Waals surface area contributed by atoms with Crippen molar-refractivity contribution in [1.29, 1.82) is 0 Å². The van der Waals surface area contributed by atoms with E-state index in [9.17, 15) is 17.6 Å². The highest BCUT2D eigenvalue weighted by Gasteiger charge is 2.18. The molecular formula is C21H19FN2O3S. The molecule has 0 unspecified atom stereocenters. The van der Waals surface area contributed by atoms with Gasteiger partial charge in [-0.05, 0) is 42.3 Å². The summed E-state index contributed by atoms with van der Waals surface area (Å²) in [4.78, 5) is 12.2. The van der Waals surface area contributed by atoms with Gasteiger partial charge in [0.05, 0.1) is 10.6 Å². The van der Waals surface area contributed by atoms with Crippen molar-refractivity contribution in [3.63, 3.8) is 0 Å². The van der Waals surface area contributed by atoms with E-state index in [1.54, 1.807) is 0 Å². The van der Waals surface area contributed by atoms with Crippen molar-refractivity contribution in [3.8, 4) is 0 Å². The lowest BCUT2D eigenvalue weighted by molar-refractivity contribution is 0.0954. The number of carbonyl (C=O) groups is 1. The van der Waals surface area contributed by atoms with Crippen LogP contribution < -0.4 is 10.0 Å². The number of hydrogen-bond acceptors (Lipinski definition) is 3. The zero-order chi connectivity index (χ0) is 20.0. The Morgan fingerprint density at radius 1 is 0.893 bits per heavy atom. The van der Waals surface area contributed by atoms with Gasteiger partial charge in [-0.3, -0.25) is 9.52 Å². The van der Waals surface area contributed by atoms with Crippen LogP contribution in [0.1, 0.15) is 15.9 Å². The molecule has 0 saturated heterocycles. The summed E-state index contributed by atoms with van der Waals surface area (Å²) in [5.41, 5.74) is 1.15. The van der Waals surface area contributed by atoms with Crippen LogP contribution in [0.2, 0.25) is 0 Å². The highest BCUT2D eigenvalue weighted by Crippen LogP contribution is 2.19. The van der Waals surface area contributed by atoms with Gasteiger partial charge in [0, 0.05) is 12.1 Å². The molecular weight excluding hydrogens is 379 g/mol. The maximum absolute atomic E-state index is 13.7. The average Bonchev–Trinajstić information content (AvgIpc) is 2.70. The molecule has 0 atom stereocenters. The Hall–Kier alpha value is -3.19. The van der Waals surface area contributed by atoms with E-state index in [-0.39, 0.29) is 22.1 Å². The summed E-state index contributed by atoms with van der Waals surface area (Å²) in [6, 6.07) is 20.8. The molecule has 3 aromatic carbocycles. The second-order valence-corrected chi connectivity index (χ2v) is 7.79. The highest BCUT2D eigenvalue weighted by atomic mass is 32.2. The molecule has 0 aliphatic carbocycles. The number of anilines is 1. The second-order valence-electron chi connectivity index (χ2n) is 6.10. The molecule has 2 N–H and O–H groups in total. The first kappa shape index (κ1) is 19.6. The van der Waals surface area contributed by atoms with Crippen LogP contribution in [-0.4, -0.2) is 20.9 Å². The first-order valence-corrected chi connectivity index (χ1v) is 10.1. The van der Waals surface area contributed by atoms with Crippen LogP contribution in [0.3, 0.4) is 0 Å². The first-order valence-electron chi connectivity index (χ1n) is 8.65. The molecule has 3 rings (SSSR count). The number of rotatable bonds is 7. The van der Waals surface area contributed by atoms with Gasteiger partial charge in [-0.25, -0.2) is 12.8 Å². The number of carbonyl (C=O) groups excluding carboxylic acids is 1. The summed E-state index contributed by atoms with van der Waals surface area (Å²) >= 11 is 0. The summed E-state index contributed by atoms with van der Waals surface area (Å²) in [7, 11) is -4.03. The predicted molar refractivity (Wildman–Crippen MR) is 106 cm³/mol. The van der Waals surface area contributed by atoms with Crippen molar-refractivity contribution in [3.05, 3.63) is 95.8 Å². The molecule has 7 heteroatoms. The Morgan fingerprint density at radius 3 is 2.36 bits per heavy atom. The third-order valence-corrected chi connectivity index (χ3v) is 5.43. The molecule has 3 aromatic rings. The lowest BCUT2D eigenvalue weighted by atomic mass is 10.1. The summed E-state index contributed by atoms with van der Waals surface area (Å²) in [6.45, 7) is 0.424. The topological polar surface area (TPSA) is 75.3 Å². The summed E-state index contributed by atoms with van der Waals surface area (Å²) in [5.74, 6) is -1.06. The van der Waals surface area contributed by atoms with E-state index in [1.165, 1.54) is 42.5 Å². The molecule has 144 valence electrons. The molecule has 0 saturated carbocycles. The van der Waals surface area contributed by atoms with Gasteiger partial charge in [0.1, 0.15) is 5.82 Å². The Bertz CT molecular complexity index is 1070. The fraction of sp³-hybridized carbons (Fsp3) is 0.0952. The minimum atomic E-state index is -4.03. The van der Waals surface area contributed by atoms with Gasteiger partial charge in [-0.15, -0.1) is 0 Å². The van der Waals surface area contributed by atoms with Crippen molar-refractivity contribution in [2.24, 2.45) is 0 Å². The largest absolute Gasteiger partial charge is 0.352 e. The maximum Gasteiger partial charge on any atom is 0.262 e. The van der Waals surface area contributed by atoms with E-state index in [4.69, 9.17) is 0 Å². The second kappa shape index (κ2) is 8.67. The van der Waals surface area contributed by atoms with Crippen molar-refractivity contribution in [2.75, 3.05) is 11.3 Å². The minimum Gasteiger partial charge on any atom is -0.352 e. The maximum atomic E-state index is 13.7. The standard InChI is InChI=1S/C21H19FN2O3S/c22-19-11-4-5-12-20(19)24-28(26,27)18-10-6-9-17(15-18)21(25)23-14-13-16-7-2-1-3-8-16/h1-12,15,24H,13-14H2,(H,23,25). The van der Waals surface area contributed by atoms with Gasteiger partial charge in [0.25, 0.3) is 15.9 Å². The molecule has 0 radical (unpaired) electrons. The van der Waals surface area contributed by atoms with Gasteiger partial charge >= 0.3 is 0 Å². The van der Waals surface area contributed by atoms with Gasteiger partial charge in [-0.2, -0.15) is 0 Å². The smallest absolute Gasteiger partial charge is 0.262 e. The number of amides is 1. The van der Waals surface area contributed by atoms with Crippen LogP contribution in [0, 0.1) is 5.82 Å². The molecule has 28 heavy (non-hydrogen) atoms. The van der Waals surface area contributed by atoms with Crippen LogP contribution in [-0.2, 0) is 16.4 Å². The van der Waals surface area contributed by atoms with Gasteiger partial charge in [0.15, 0.2) is 0 Å². The number of hydrogen-bond donors (Lipinski definition) is 2. The highest BCUT2D eigenvalue weighted by molar-refractivity contribution is 7.92. The molecule has 0 fully saturated rings. The van der Waals surface area contributed by atoms with Gasteiger partial charge in [-0.1, -0.05) is 48.5 Å². The zero-order valence-corrected chi connectivity index (χ0v) is 15.7. The van der Waals surface area contributed by atoms with Crippen LogP contribution in [0.4, 0.5) is 10.1 Å². The SMILES string of the molecule is O=C(NCCc1ccccc1)c1cccc(S(=O)(=O)Nc2ccccc2F)c1. The summed E-state index contributed by atoms with van der Waals surface area (Å²) < 4.78 is 41.0. The molecule has 0 heterocycles. The van der Waals surface area contributed by atoms with Crippen LogP contribution in [0.15, 0.2) is 83.8 Å². The Balaban J connectivity index is 1.69. The van der Waals surface area contributed by atoms with Crippen LogP contribution >= 0.6 is 0 Å². The van der Waals surface area contributed by atoms with E-state index >= 15 is 0 Å². The third kappa shape index (κ3) is 4.95. The van der Waals surface area contributed by atoms with Gasteiger partial charge < -0.3 is 5.32 Å². The summed E-state index contributed by atoms with van der Waals surface area (Å²) in [5, 5.41) is 2.77. The minimum absolute atomic E-state index is 0.119. The quantitative estimate of drug-likeness (QED) is 0.639. The first-order chi connectivity index (χ1) is 13.5. The molecule has 5 nitrogen and oxygen atoms in total. The van der Waals surface area contributed by atoms with Crippen molar-refractivity contribution < 1.29 is 17.6 Å². The number of para-hydroxylation sites is 1. The van der Waals surface area contributed by atoms with Crippen molar-refractivity contribution >= 4 is 21.6 Å². The fourth-order valence-electron chi connectivity index (χ4n) is 2.62. The lowest BCUT2D eigenvalue weighted by Crippen LogP contribution is -2.26. The number of nitrogens with one attached hydrogen (secondary N) is 2. The predicted octanol–water partition coefficient (Wildman–Crippen LogP) is 3.60. The Kier molecular flexibility index (Phi) is 6.06. The number of benzene rings is 3. The molecule has 0 spiro atoms. The molecule has 0 bridgehead atoms. The van der Waals surface area contributed by atoms with E-state index in [0.717, 1.165) is 11.6 Å². The molecule has 0 aliphatic rings. The monoisotopic (exact) mass is 398 g/mol. The Labute approximate surface area is 163 Å². The number of halogens is 1. The van der Waals surface area contributed by atoms with Crippen molar-refractivity contribution in [2.45, 2.75) is 11.3 Å². The zero-order valence-electron chi connectivity index (χ0n) is 14.9. The average molecular weight is 398 g/mol. The number of sulfonamides is 1. The van der Waals surface area contributed by atoms with E-state index in [0.29, 0.717) is 13.0 Å². The Morgan fingerprint density at radius 2 is 1.61 bits per heavy atom. The molecule has 0 aliphatic heterocycles. The van der Waals surface area contributed by atoms with Crippen LogP contribution in [0.25, 0.3) is 0 Å². The van der Waals surface area contributed by atoms with E-state index < -0.39 is 15.8 Å².